The van der Waals surface area contributed by atoms with Gasteiger partial charge in [-0.1, -0.05) is 24.3 Å². The van der Waals surface area contributed by atoms with Crippen LogP contribution in [0, 0.1) is 12.3 Å². The predicted octanol–water partition coefficient (Wildman–Crippen LogP) is 2.94. The van der Waals surface area contributed by atoms with Gasteiger partial charge >= 0.3 is 0 Å². The number of nitrogens with zero attached hydrogens (tertiary/aromatic N) is 1. The summed E-state index contributed by atoms with van der Waals surface area (Å²) in [6.07, 6.45) is 2.23. The molecule has 4 nitrogen and oxygen atoms in total. The van der Waals surface area contributed by atoms with Gasteiger partial charge in [0.05, 0.1) is 22.1 Å². The van der Waals surface area contributed by atoms with Crippen LogP contribution in [0.5, 0.6) is 0 Å². The van der Waals surface area contributed by atoms with Gasteiger partial charge in [-0.15, -0.1) is 11.3 Å². The number of benzene rings is 1. The Labute approximate surface area is 129 Å². The van der Waals surface area contributed by atoms with E-state index in [4.69, 9.17) is 5.41 Å². The Balaban J connectivity index is 1.60. The van der Waals surface area contributed by atoms with E-state index in [2.05, 4.69) is 39.9 Å². The maximum atomic E-state index is 8.04. The molecule has 0 saturated carbocycles. The Morgan fingerprint density at radius 3 is 2.86 bits per heavy atom. The van der Waals surface area contributed by atoms with Gasteiger partial charge in [-0.05, 0) is 37.4 Å². The minimum absolute atomic E-state index is 0.212. The molecule has 1 fully saturated rings. The molecule has 0 aliphatic carbocycles. The van der Waals surface area contributed by atoms with E-state index in [0.29, 0.717) is 12.4 Å². The normalized spacial score (nSPS) is 17.9. The average Bonchev–Trinajstić information content (AvgIpc) is 3.17. The van der Waals surface area contributed by atoms with E-state index in [1.165, 1.54) is 16.0 Å². The highest BCUT2D eigenvalue weighted by molar-refractivity contribution is 7.13. The molecular weight excluding hydrogens is 280 g/mol. The van der Waals surface area contributed by atoms with Gasteiger partial charge in [0.1, 0.15) is 5.84 Å². The van der Waals surface area contributed by atoms with Crippen molar-refractivity contribution < 1.29 is 0 Å². The first-order valence-electron chi connectivity index (χ1n) is 7.29. The van der Waals surface area contributed by atoms with Crippen LogP contribution in [-0.4, -0.2) is 23.4 Å². The number of hydrogen-bond acceptors (Lipinski definition) is 4. The summed E-state index contributed by atoms with van der Waals surface area (Å²) in [5.41, 5.74) is 5.38. The summed E-state index contributed by atoms with van der Waals surface area (Å²) in [4.78, 5) is 5.52. The van der Waals surface area contributed by atoms with Crippen LogP contribution in [0.4, 0.5) is 0 Å². The lowest BCUT2D eigenvalue weighted by Crippen LogP contribution is -2.39. The van der Waals surface area contributed by atoms with E-state index in [0.717, 1.165) is 25.1 Å². The second-order valence-electron chi connectivity index (χ2n) is 5.38. The molecular formula is C16H20N4S. The van der Waals surface area contributed by atoms with Gasteiger partial charge in [-0.3, -0.25) is 5.41 Å². The zero-order valence-corrected chi connectivity index (χ0v) is 13.0. The van der Waals surface area contributed by atoms with Crippen LogP contribution in [0.15, 0.2) is 29.8 Å². The molecule has 2 aromatic rings. The first-order valence-corrected chi connectivity index (χ1v) is 8.17. The molecule has 5 heteroatoms. The van der Waals surface area contributed by atoms with E-state index in [-0.39, 0.29) is 6.04 Å². The van der Waals surface area contributed by atoms with Crippen molar-refractivity contribution in [3.63, 3.8) is 0 Å². The van der Waals surface area contributed by atoms with E-state index in [9.17, 15) is 0 Å². The Morgan fingerprint density at radius 1 is 1.43 bits per heavy atom. The van der Waals surface area contributed by atoms with Crippen molar-refractivity contribution in [2.24, 2.45) is 0 Å². The van der Waals surface area contributed by atoms with Gasteiger partial charge in [0, 0.05) is 6.54 Å². The number of aromatic nitrogens is 1. The topological polar surface area (TPSA) is 60.8 Å². The minimum atomic E-state index is 0.212. The van der Waals surface area contributed by atoms with Crippen molar-refractivity contribution in [3.8, 4) is 10.4 Å². The fourth-order valence-electron chi connectivity index (χ4n) is 2.60. The number of nitrogens with one attached hydrogen (secondary N) is 3. The molecule has 3 N–H and O–H groups in total. The maximum Gasteiger partial charge on any atom is 0.111 e. The highest BCUT2D eigenvalue weighted by atomic mass is 32.1. The Bertz CT molecular complexity index is 611. The quantitative estimate of drug-likeness (QED) is 0.601. The molecule has 1 aromatic carbocycles. The SMILES string of the molecule is Cc1ncsc1-c1ccc(CNC(=N)C2CCCN2)cc1. The lowest BCUT2D eigenvalue weighted by molar-refractivity contribution is 0.715. The summed E-state index contributed by atoms with van der Waals surface area (Å²) in [5.74, 6) is 0.606. The number of hydrogen-bond donors (Lipinski definition) is 3. The summed E-state index contributed by atoms with van der Waals surface area (Å²) in [6.45, 7) is 3.77. The molecule has 0 radical (unpaired) electrons. The van der Waals surface area contributed by atoms with Crippen LogP contribution in [0.2, 0.25) is 0 Å². The molecule has 0 amide bonds. The fourth-order valence-corrected chi connectivity index (χ4v) is 3.42. The monoisotopic (exact) mass is 300 g/mol. The summed E-state index contributed by atoms with van der Waals surface area (Å²) >= 11 is 1.67. The van der Waals surface area contributed by atoms with Gasteiger partial charge < -0.3 is 10.6 Å². The highest BCUT2D eigenvalue weighted by Crippen LogP contribution is 2.27. The van der Waals surface area contributed by atoms with Crippen molar-refractivity contribution >= 4 is 17.2 Å². The Kier molecular flexibility index (Phi) is 4.31. The number of amidine groups is 1. The summed E-state index contributed by atoms with van der Waals surface area (Å²) in [7, 11) is 0. The first kappa shape index (κ1) is 14.2. The van der Waals surface area contributed by atoms with Gasteiger partial charge in [0.2, 0.25) is 0 Å². The highest BCUT2D eigenvalue weighted by Gasteiger charge is 2.18. The second kappa shape index (κ2) is 6.37. The van der Waals surface area contributed by atoms with Crippen LogP contribution in [0.1, 0.15) is 24.1 Å². The van der Waals surface area contributed by atoms with Crippen LogP contribution in [-0.2, 0) is 6.54 Å². The molecule has 1 aliphatic rings. The van der Waals surface area contributed by atoms with E-state index < -0.39 is 0 Å². The lowest BCUT2D eigenvalue weighted by atomic mass is 10.1. The summed E-state index contributed by atoms with van der Waals surface area (Å²) in [5, 5.41) is 14.6. The molecule has 1 aliphatic heterocycles. The van der Waals surface area contributed by atoms with Gasteiger partial charge in [-0.25, -0.2) is 4.98 Å². The lowest BCUT2D eigenvalue weighted by Gasteiger charge is -2.14. The third kappa shape index (κ3) is 3.31. The smallest absolute Gasteiger partial charge is 0.111 e. The van der Waals surface area contributed by atoms with Gasteiger partial charge in [0.25, 0.3) is 0 Å². The number of rotatable bonds is 4. The average molecular weight is 300 g/mol. The first-order chi connectivity index (χ1) is 10.2. The molecule has 0 spiro atoms. The molecule has 1 aromatic heterocycles. The van der Waals surface area contributed by atoms with E-state index >= 15 is 0 Å². The van der Waals surface area contributed by atoms with Crippen molar-refractivity contribution in [1.29, 1.82) is 5.41 Å². The predicted molar refractivity (Wildman–Crippen MR) is 87.9 cm³/mol. The largest absolute Gasteiger partial charge is 0.369 e. The van der Waals surface area contributed by atoms with Crippen molar-refractivity contribution in [1.82, 2.24) is 15.6 Å². The van der Waals surface area contributed by atoms with Gasteiger partial charge in [0.15, 0.2) is 0 Å². The molecule has 1 unspecified atom stereocenters. The van der Waals surface area contributed by atoms with Crippen LogP contribution >= 0.6 is 11.3 Å². The van der Waals surface area contributed by atoms with Crippen molar-refractivity contribution in [2.75, 3.05) is 6.54 Å². The molecule has 110 valence electrons. The molecule has 1 atom stereocenters. The van der Waals surface area contributed by atoms with Gasteiger partial charge in [-0.2, -0.15) is 0 Å². The zero-order chi connectivity index (χ0) is 14.7. The zero-order valence-electron chi connectivity index (χ0n) is 12.1. The molecule has 0 bridgehead atoms. The van der Waals surface area contributed by atoms with Crippen LogP contribution < -0.4 is 10.6 Å². The molecule has 3 rings (SSSR count). The molecule has 2 heterocycles. The minimum Gasteiger partial charge on any atom is -0.369 e. The third-order valence-corrected chi connectivity index (χ3v) is 4.83. The van der Waals surface area contributed by atoms with Crippen molar-refractivity contribution in [3.05, 3.63) is 41.0 Å². The fraction of sp³-hybridized carbons (Fsp3) is 0.375. The number of aryl methyl sites for hydroxylation is 1. The Hall–Kier alpha value is -1.72. The molecule has 1 saturated heterocycles. The van der Waals surface area contributed by atoms with Crippen molar-refractivity contribution in [2.45, 2.75) is 32.4 Å². The molecule has 21 heavy (non-hydrogen) atoms. The third-order valence-electron chi connectivity index (χ3n) is 3.85. The van der Waals surface area contributed by atoms with Crippen LogP contribution in [0.3, 0.4) is 0 Å². The van der Waals surface area contributed by atoms with E-state index in [1.807, 2.05) is 12.4 Å². The maximum absolute atomic E-state index is 8.04. The standard InChI is InChI=1S/C16H20N4S/c1-11-15(21-10-20-11)13-6-4-12(5-7-13)9-19-16(17)14-3-2-8-18-14/h4-7,10,14,18H,2-3,8-9H2,1H3,(H2,17,19). The summed E-state index contributed by atoms with van der Waals surface area (Å²) < 4.78 is 0. The summed E-state index contributed by atoms with van der Waals surface area (Å²) in [6, 6.07) is 8.72. The van der Waals surface area contributed by atoms with Crippen LogP contribution in [0.25, 0.3) is 10.4 Å². The Morgan fingerprint density at radius 2 is 2.24 bits per heavy atom. The van der Waals surface area contributed by atoms with E-state index in [1.54, 1.807) is 11.3 Å². The number of thiazole rings is 1. The second-order valence-corrected chi connectivity index (χ2v) is 6.23.